The minimum Gasteiger partial charge on any atom is -0.478 e. The van der Waals surface area contributed by atoms with Gasteiger partial charge in [0.25, 0.3) is 0 Å². The molecular weight excluding hydrogens is 354 g/mol. The summed E-state index contributed by atoms with van der Waals surface area (Å²) in [6.07, 6.45) is 1.07. The quantitative estimate of drug-likeness (QED) is 0.688. The molecule has 0 aromatic heterocycles. The first kappa shape index (κ1) is 19.9. The number of likely N-dealkylation sites (tertiary alicyclic amines) is 1. The summed E-state index contributed by atoms with van der Waals surface area (Å²) in [6, 6.07) is 16.8. The van der Waals surface area contributed by atoms with Crippen LogP contribution in [0.15, 0.2) is 54.6 Å². The Morgan fingerprint density at radius 3 is 2.50 bits per heavy atom. The Balaban J connectivity index is 1.41. The number of hydrogen-bond donors (Lipinski definition) is 3. The van der Waals surface area contributed by atoms with Crippen LogP contribution in [0.5, 0.6) is 0 Å². The maximum Gasteiger partial charge on any atom is 0.335 e. The highest BCUT2D eigenvalue weighted by molar-refractivity contribution is 5.87. The molecule has 2 unspecified atom stereocenters. The second kappa shape index (κ2) is 9.37. The third-order valence-corrected chi connectivity index (χ3v) is 5.28. The first-order chi connectivity index (χ1) is 13.5. The number of carbonyl (C=O) groups excluding carboxylic acids is 1. The standard InChI is InChI=1S/C22H27N3O3/c1-16(20-11-12-25(15-20)14-18-5-3-2-4-6-18)24-22(28)23-13-17-7-9-19(10-8-17)21(26)27/h2-10,16,20H,11-15H2,1H3,(H,26,27)(H2,23,24,28). The summed E-state index contributed by atoms with van der Waals surface area (Å²) in [6.45, 7) is 5.39. The van der Waals surface area contributed by atoms with Gasteiger partial charge in [0, 0.05) is 25.7 Å². The lowest BCUT2D eigenvalue weighted by Crippen LogP contribution is -2.44. The zero-order chi connectivity index (χ0) is 19.9. The average molecular weight is 381 g/mol. The fraction of sp³-hybridized carbons (Fsp3) is 0.364. The lowest BCUT2D eigenvalue weighted by molar-refractivity contribution is 0.0697. The van der Waals surface area contributed by atoms with Crippen molar-refractivity contribution in [3.05, 3.63) is 71.3 Å². The molecule has 1 saturated heterocycles. The second-order valence-electron chi connectivity index (χ2n) is 7.39. The Morgan fingerprint density at radius 1 is 1.11 bits per heavy atom. The topological polar surface area (TPSA) is 81.7 Å². The maximum atomic E-state index is 12.2. The van der Waals surface area contributed by atoms with Crippen molar-refractivity contribution in [3.63, 3.8) is 0 Å². The van der Waals surface area contributed by atoms with Crippen LogP contribution in [0.1, 0.15) is 34.8 Å². The highest BCUT2D eigenvalue weighted by Crippen LogP contribution is 2.21. The van der Waals surface area contributed by atoms with E-state index in [4.69, 9.17) is 5.11 Å². The normalized spacial score (nSPS) is 17.8. The van der Waals surface area contributed by atoms with Gasteiger partial charge >= 0.3 is 12.0 Å². The van der Waals surface area contributed by atoms with E-state index in [-0.39, 0.29) is 17.6 Å². The van der Waals surface area contributed by atoms with E-state index in [9.17, 15) is 9.59 Å². The number of urea groups is 1. The van der Waals surface area contributed by atoms with Crippen molar-refractivity contribution in [1.29, 1.82) is 0 Å². The highest BCUT2D eigenvalue weighted by Gasteiger charge is 2.27. The van der Waals surface area contributed by atoms with Crippen molar-refractivity contribution in [2.24, 2.45) is 5.92 Å². The van der Waals surface area contributed by atoms with Crippen LogP contribution < -0.4 is 10.6 Å². The number of nitrogens with one attached hydrogen (secondary N) is 2. The number of aromatic carboxylic acids is 1. The van der Waals surface area contributed by atoms with Crippen molar-refractivity contribution in [1.82, 2.24) is 15.5 Å². The van der Waals surface area contributed by atoms with Gasteiger partial charge in [-0.2, -0.15) is 0 Å². The van der Waals surface area contributed by atoms with E-state index >= 15 is 0 Å². The molecule has 0 bridgehead atoms. The first-order valence-corrected chi connectivity index (χ1v) is 9.64. The molecule has 1 fully saturated rings. The van der Waals surface area contributed by atoms with Crippen molar-refractivity contribution in [2.45, 2.75) is 32.5 Å². The summed E-state index contributed by atoms with van der Waals surface area (Å²) in [5, 5.41) is 14.8. The number of rotatable bonds is 7. The van der Waals surface area contributed by atoms with Crippen LogP contribution in [0.25, 0.3) is 0 Å². The van der Waals surface area contributed by atoms with Gasteiger partial charge in [0.05, 0.1) is 5.56 Å². The smallest absolute Gasteiger partial charge is 0.335 e. The van der Waals surface area contributed by atoms with Gasteiger partial charge < -0.3 is 15.7 Å². The summed E-state index contributed by atoms with van der Waals surface area (Å²) in [5.41, 5.74) is 2.42. The molecule has 28 heavy (non-hydrogen) atoms. The molecule has 0 saturated carbocycles. The van der Waals surface area contributed by atoms with Gasteiger partial charge in [-0.15, -0.1) is 0 Å². The number of nitrogens with zero attached hydrogens (tertiary/aromatic N) is 1. The minimum atomic E-state index is -0.955. The fourth-order valence-corrected chi connectivity index (χ4v) is 3.58. The number of carboxylic acid groups (broad SMARTS) is 1. The molecule has 2 atom stereocenters. The molecule has 6 heteroatoms. The molecule has 6 nitrogen and oxygen atoms in total. The van der Waals surface area contributed by atoms with Crippen LogP contribution >= 0.6 is 0 Å². The summed E-state index contributed by atoms with van der Waals surface area (Å²) < 4.78 is 0. The van der Waals surface area contributed by atoms with Gasteiger partial charge in [0.15, 0.2) is 0 Å². The Morgan fingerprint density at radius 2 is 1.82 bits per heavy atom. The van der Waals surface area contributed by atoms with Gasteiger partial charge in [0.2, 0.25) is 0 Å². The van der Waals surface area contributed by atoms with E-state index in [1.165, 1.54) is 5.56 Å². The molecule has 0 spiro atoms. The Hall–Kier alpha value is -2.86. The molecule has 3 rings (SSSR count). The van der Waals surface area contributed by atoms with Crippen molar-refractivity contribution < 1.29 is 14.7 Å². The largest absolute Gasteiger partial charge is 0.478 e. The van der Waals surface area contributed by atoms with Crippen molar-refractivity contribution in [3.8, 4) is 0 Å². The third kappa shape index (κ3) is 5.57. The molecule has 0 radical (unpaired) electrons. The molecular formula is C22H27N3O3. The van der Waals surface area contributed by atoms with Crippen molar-refractivity contribution in [2.75, 3.05) is 13.1 Å². The summed E-state index contributed by atoms with van der Waals surface area (Å²) in [5.74, 6) is -0.520. The van der Waals surface area contributed by atoms with Gasteiger partial charge in [-0.25, -0.2) is 9.59 Å². The van der Waals surface area contributed by atoms with Crippen LogP contribution in [0.3, 0.4) is 0 Å². The van der Waals surface area contributed by atoms with E-state index in [1.807, 2.05) is 6.07 Å². The molecule has 1 aliphatic rings. The SMILES string of the molecule is CC(NC(=O)NCc1ccc(C(=O)O)cc1)C1CCN(Cc2ccccc2)C1. The van der Waals surface area contributed by atoms with Gasteiger partial charge in [-0.3, -0.25) is 4.90 Å². The van der Waals surface area contributed by atoms with Crippen LogP contribution in [0, 0.1) is 5.92 Å². The molecule has 1 heterocycles. The maximum absolute atomic E-state index is 12.2. The number of carboxylic acids is 1. The van der Waals surface area contributed by atoms with E-state index in [1.54, 1.807) is 24.3 Å². The van der Waals surface area contributed by atoms with Crippen molar-refractivity contribution >= 4 is 12.0 Å². The number of carbonyl (C=O) groups is 2. The Bertz CT molecular complexity index is 792. The molecule has 1 aliphatic heterocycles. The molecule has 3 N–H and O–H groups in total. The van der Waals surface area contributed by atoms with Crippen LogP contribution in [-0.2, 0) is 13.1 Å². The van der Waals surface area contributed by atoms with E-state index in [2.05, 4.69) is 46.7 Å². The zero-order valence-electron chi connectivity index (χ0n) is 16.1. The minimum absolute atomic E-state index is 0.0927. The second-order valence-corrected chi connectivity index (χ2v) is 7.39. The highest BCUT2D eigenvalue weighted by atomic mass is 16.4. The summed E-state index contributed by atoms with van der Waals surface area (Å²) >= 11 is 0. The monoisotopic (exact) mass is 381 g/mol. The summed E-state index contributed by atoms with van der Waals surface area (Å²) in [7, 11) is 0. The van der Waals surface area contributed by atoms with Gasteiger partial charge in [-0.05, 0) is 49.1 Å². The van der Waals surface area contributed by atoms with Crippen LogP contribution in [0.2, 0.25) is 0 Å². The fourth-order valence-electron chi connectivity index (χ4n) is 3.58. The van der Waals surface area contributed by atoms with Crippen LogP contribution in [-0.4, -0.2) is 41.1 Å². The van der Waals surface area contributed by atoms with E-state index in [0.29, 0.717) is 12.5 Å². The summed E-state index contributed by atoms with van der Waals surface area (Å²) in [4.78, 5) is 25.5. The van der Waals surface area contributed by atoms with Crippen LogP contribution in [0.4, 0.5) is 4.79 Å². The number of benzene rings is 2. The van der Waals surface area contributed by atoms with E-state index < -0.39 is 5.97 Å². The molecule has 2 aromatic carbocycles. The average Bonchev–Trinajstić information content (AvgIpc) is 3.16. The van der Waals surface area contributed by atoms with Gasteiger partial charge in [0.1, 0.15) is 0 Å². The Labute approximate surface area is 165 Å². The zero-order valence-corrected chi connectivity index (χ0v) is 16.1. The number of hydrogen-bond acceptors (Lipinski definition) is 3. The predicted molar refractivity (Wildman–Crippen MR) is 108 cm³/mol. The lowest BCUT2D eigenvalue weighted by Gasteiger charge is -2.22. The lowest BCUT2D eigenvalue weighted by atomic mass is 10.0. The Kier molecular flexibility index (Phi) is 6.66. The van der Waals surface area contributed by atoms with E-state index in [0.717, 1.165) is 31.6 Å². The predicted octanol–water partition coefficient (Wildman–Crippen LogP) is 3.09. The molecule has 2 amide bonds. The molecule has 2 aromatic rings. The first-order valence-electron chi connectivity index (χ1n) is 9.64. The number of amides is 2. The molecule has 0 aliphatic carbocycles. The third-order valence-electron chi connectivity index (χ3n) is 5.28. The molecule has 148 valence electrons. The van der Waals surface area contributed by atoms with Gasteiger partial charge in [-0.1, -0.05) is 42.5 Å².